The third-order valence-corrected chi connectivity index (χ3v) is 6.11. The van der Waals surface area contributed by atoms with Gasteiger partial charge in [-0.2, -0.15) is 0 Å². The van der Waals surface area contributed by atoms with E-state index in [0.717, 1.165) is 40.9 Å². The van der Waals surface area contributed by atoms with E-state index in [1.807, 2.05) is 13.0 Å². The number of likely N-dealkylation sites (tertiary alicyclic amines) is 1. The smallest absolute Gasteiger partial charge is 0.209 e. The molecule has 0 radical (unpaired) electrons. The van der Waals surface area contributed by atoms with Crippen LogP contribution in [-0.2, 0) is 4.79 Å². The molecule has 1 aromatic heterocycles. The molecule has 0 spiro atoms. The number of nitrogens with one attached hydrogen (secondary N) is 1. The van der Waals surface area contributed by atoms with Crippen LogP contribution in [0.4, 0.5) is 20.2 Å². The lowest BCUT2D eigenvalue weighted by Crippen LogP contribution is -2.37. The van der Waals surface area contributed by atoms with Gasteiger partial charge in [0.15, 0.2) is 0 Å². The molecule has 4 nitrogen and oxygen atoms in total. The van der Waals surface area contributed by atoms with Crippen molar-refractivity contribution in [1.82, 2.24) is 9.88 Å². The minimum Gasteiger partial charge on any atom is -0.355 e. The van der Waals surface area contributed by atoms with Gasteiger partial charge in [-0.3, -0.25) is 4.79 Å². The Hall–Kier alpha value is -2.93. The van der Waals surface area contributed by atoms with Gasteiger partial charge in [0, 0.05) is 36.6 Å². The molecule has 4 rings (SSSR count). The Kier molecular flexibility index (Phi) is 6.23. The van der Waals surface area contributed by atoms with Crippen molar-refractivity contribution in [3.63, 3.8) is 0 Å². The van der Waals surface area contributed by atoms with Crippen molar-refractivity contribution >= 4 is 30.4 Å². The van der Waals surface area contributed by atoms with E-state index < -0.39 is 0 Å². The van der Waals surface area contributed by atoms with Crippen molar-refractivity contribution in [1.29, 1.82) is 0 Å². The lowest BCUT2D eigenvalue weighted by Gasteiger charge is -2.38. The van der Waals surface area contributed by atoms with Gasteiger partial charge in [-0.25, -0.2) is 13.8 Å². The molecule has 0 aliphatic carbocycles. The van der Waals surface area contributed by atoms with E-state index in [4.69, 9.17) is 0 Å². The van der Waals surface area contributed by atoms with E-state index >= 15 is 0 Å². The fourth-order valence-corrected chi connectivity index (χ4v) is 4.45. The van der Waals surface area contributed by atoms with Crippen molar-refractivity contribution in [3.8, 4) is 0 Å². The number of rotatable bonds is 5. The molecule has 1 N–H and O–H groups in total. The highest BCUT2D eigenvalue weighted by Gasteiger charge is 2.33. The Balaban J connectivity index is 1.75. The topological polar surface area (TPSA) is 45.2 Å². The minimum atomic E-state index is -0.293. The first-order chi connectivity index (χ1) is 14.9. The molecule has 31 heavy (non-hydrogen) atoms. The SMILES string of the molecule is Cc1cc(F)ccc1Nc1cc(S)ncc1C1CN(C=O)CCC1c1ccc(F)cc1. The number of anilines is 2. The third kappa shape index (κ3) is 4.71. The largest absolute Gasteiger partial charge is 0.355 e. The van der Waals surface area contributed by atoms with E-state index in [0.29, 0.717) is 18.1 Å². The van der Waals surface area contributed by atoms with Gasteiger partial charge in [-0.05, 0) is 72.4 Å². The number of thiol groups is 1. The fraction of sp³-hybridized carbons (Fsp3) is 0.250. The van der Waals surface area contributed by atoms with Crippen molar-refractivity contribution in [2.75, 3.05) is 18.4 Å². The molecule has 0 saturated carbocycles. The first-order valence-corrected chi connectivity index (χ1v) is 10.6. The summed E-state index contributed by atoms with van der Waals surface area (Å²) in [5.41, 5.74) is 4.32. The summed E-state index contributed by atoms with van der Waals surface area (Å²) in [6, 6.07) is 13.0. The lowest BCUT2D eigenvalue weighted by molar-refractivity contribution is -0.119. The molecule has 2 atom stereocenters. The first kappa shape index (κ1) is 21.3. The van der Waals surface area contributed by atoms with E-state index in [-0.39, 0.29) is 23.5 Å². The summed E-state index contributed by atoms with van der Waals surface area (Å²) in [7, 11) is 0. The summed E-state index contributed by atoms with van der Waals surface area (Å²) in [6.45, 7) is 3.00. The Morgan fingerprint density at radius 2 is 1.81 bits per heavy atom. The van der Waals surface area contributed by atoms with Crippen LogP contribution in [0.1, 0.15) is 34.9 Å². The molecule has 1 amide bonds. The Labute approximate surface area is 185 Å². The van der Waals surface area contributed by atoms with Gasteiger partial charge in [0.25, 0.3) is 0 Å². The van der Waals surface area contributed by atoms with E-state index in [2.05, 4.69) is 22.9 Å². The quantitative estimate of drug-likeness (QED) is 0.412. The van der Waals surface area contributed by atoms with Gasteiger partial charge in [-0.15, -0.1) is 12.6 Å². The average Bonchev–Trinajstić information content (AvgIpc) is 2.76. The predicted octanol–water partition coefficient (Wildman–Crippen LogP) is 5.43. The highest BCUT2D eigenvalue weighted by atomic mass is 32.1. The number of benzene rings is 2. The summed E-state index contributed by atoms with van der Waals surface area (Å²) < 4.78 is 27.1. The van der Waals surface area contributed by atoms with Crippen LogP contribution in [0.3, 0.4) is 0 Å². The van der Waals surface area contributed by atoms with Gasteiger partial charge in [-0.1, -0.05) is 12.1 Å². The summed E-state index contributed by atoms with van der Waals surface area (Å²) >= 11 is 4.39. The summed E-state index contributed by atoms with van der Waals surface area (Å²) in [4.78, 5) is 17.7. The molecule has 1 fully saturated rings. The third-order valence-electron chi connectivity index (χ3n) is 5.87. The maximum absolute atomic E-state index is 13.6. The molecule has 0 bridgehead atoms. The zero-order valence-corrected chi connectivity index (χ0v) is 17.9. The van der Waals surface area contributed by atoms with Crippen LogP contribution in [0.2, 0.25) is 0 Å². The van der Waals surface area contributed by atoms with Crippen LogP contribution in [0.25, 0.3) is 0 Å². The van der Waals surface area contributed by atoms with Crippen LogP contribution in [0.5, 0.6) is 0 Å². The highest BCUT2D eigenvalue weighted by Crippen LogP contribution is 2.42. The van der Waals surface area contributed by atoms with Crippen molar-refractivity contribution in [2.24, 2.45) is 0 Å². The molecule has 7 heteroatoms. The molecule has 3 aromatic rings. The first-order valence-electron chi connectivity index (χ1n) is 10.1. The Bertz CT molecular complexity index is 1090. The van der Waals surface area contributed by atoms with Crippen molar-refractivity contribution < 1.29 is 13.6 Å². The van der Waals surface area contributed by atoms with Crippen LogP contribution in [0, 0.1) is 18.6 Å². The monoisotopic (exact) mass is 439 g/mol. The lowest BCUT2D eigenvalue weighted by atomic mass is 9.76. The second-order valence-electron chi connectivity index (χ2n) is 7.87. The molecule has 1 saturated heterocycles. The van der Waals surface area contributed by atoms with Gasteiger partial charge in [0.05, 0.1) is 5.03 Å². The van der Waals surface area contributed by atoms with Gasteiger partial charge in [0.1, 0.15) is 11.6 Å². The normalized spacial score (nSPS) is 18.6. The van der Waals surface area contributed by atoms with Crippen LogP contribution in [-0.4, -0.2) is 29.4 Å². The van der Waals surface area contributed by atoms with Gasteiger partial charge < -0.3 is 10.2 Å². The molecule has 160 valence electrons. The van der Waals surface area contributed by atoms with Gasteiger partial charge in [0.2, 0.25) is 6.41 Å². The number of pyridine rings is 1. The van der Waals surface area contributed by atoms with Crippen LogP contribution < -0.4 is 5.32 Å². The molecule has 2 aromatic carbocycles. The summed E-state index contributed by atoms with van der Waals surface area (Å²) in [5.74, 6) is -0.521. The van der Waals surface area contributed by atoms with Crippen LogP contribution >= 0.6 is 12.6 Å². The number of nitrogens with zero attached hydrogens (tertiary/aromatic N) is 2. The van der Waals surface area contributed by atoms with E-state index in [9.17, 15) is 13.6 Å². The highest BCUT2D eigenvalue weighted by molar-refractivity contribution is 7.80. The van der Waals surface area contributed by atoms with Crippen molar-refractivity contribution in [2.45, 2.75) is 30.2 Å². The summed E-state index contributed by atoms with van der Waals surface area (Å²) in [6.07, 6.45) is 3.40. The number of halogens is 2. The molecular formula is C24H23F2N3OS. The number of amides is 1. The average molecular weight is 440 g/mol. The molecule has 2 unspecified atom stereocenters. The number of carbonyl (C=O) groups excluding carboxylic acids is 1. The molecular weight excluding hydrogens is 416 g/mol. The molecule has 2 heterocycles. The number of aryl methyl sites for hydroxylation is 1. The zero-order chi connectivity index (χ0) is 22.0. The summed E-state index contributed by atoms with van der Waals surface area (Å²) in [5, 5.41) is 3.95. The Morgan fingerprint density at radius 1 is 1.06 bits per heavy atom. The fourth-order valence-electron chi connectivity index (χ4n) is 4.27. The number of aromatic nitrogens is 1. The molecule has 1 aliphatic heterocycles. The van der Waals surface area contributed by atoms with E-state index in [1.165, 1.54) is 24.3 Å². The minimum absolute atomic E-state index is 0.0471. The maximum Gasteiger partial charge on any atom is 0.209 e. The Morgan fingerprint density at radius 3 is 2.52 bits per heavy atom. The van der Waals surface area contributed by atoms with Crippen molar-refractivity contribution in [3.05, 3.63) is 83.1 Å². The number of hydrogen-bond donors (Lipinski definition) is 2. The number of hydrogen-bond acceptors (Lipinski definition) is 4. The van der Waals surface area contributed by atoms with Crippen LogP contribution in [0.15, 0.2) is 59.8 Å². The predicted molar refractivity (Wildman–Crippen MR) is 120 cm³/mol. The maximum atomic E-state index is 13.6. The molecule has 1 aliphatic rings. The standard InChI is InChI=1S/C24H23F2N3OS/c1-15-10-18(26)6-7-22(15)28-23-11-24(31)27-12-20(23)21-13-29(14-30)9-8-19(21)16-2-4-17(25)5-3-16/h2-7,10-12,14,19,21H,8-9,13H2,1H3,(H2,27,28,31). The van der Waals surface area contributed by atoms with E-state index in [1.54, 1.807) is 29.3 Å². The number of piperidine rings is 1. The number of carbonyl (C=O) groups is 1. The second-order valence-corrected chi connectivity index (χ2v) is 8.33. The second kappa shape index (κ2) is 9.06. The van der Waals surface area contributed by atoms with Gasteiger partial charge >= 0.3 is 0 Å². The zero-order valence-electron chi connectivity index (χ0n) is 17.1.